The topological polar surface area (TPSA) is 69.1 Å². The van der Waals surface area contributed by atoms with Crippen molar-refractivity contribution in [3.8, 4) is 0 Å². The molecule has 1 amide bonds. The molecule has 20 heavy (non-hydrogen) atoms. The average molecular weight is 351 g/mol. The van der Waals surface area contributed by atoms with Gasteiger partial charge in [0.25, 0.3) is 0 Å². The van der Waals surface area contributed by atoms with E-state index in [2.05, 4.69) is 15.9 Å². The van der Waals surface area contributed by atoms with Crippen LogP contribution in [0.4, 0.5) is 5.69 Å². The van der Waals surface area contributed by atoms with Crippen molar-refractivity contribution in [3.05, 3.63) is 57.6 Å². The van der Waals surface area contributed by atoms with Crippen LogP contribution in [0.3, 0.4) is 0 Å². The zero-order chi connectivity index (χ0) is 14.7. The highest BCUT2D eigenvalue weighted by Gasteiger charge is 2.06. The van der Waals surface area contributed by atoms with Crippen LogP contribution in [0.1, 0.15) is 21.5 Å². The van der Waals surface area contributed by atoms with Crippen LogP contribution in [0.15, 0.2) is 45.8 Å². The number of benzene rings is 2. The second-order valence-electron chi connectivity index (χ2n) is 4.48. The molecule has 2 aromatic carbocycles. The van der Waals surface area contributed by atoms with Crippen LogP contribution >= 0.6 is 27.7 Å². The van der Waals surface area contributed by atoms with Crippen molar-refractivity contribution in [2.45, 2.75) is 17.6 Å². The fraction of sp³-hybridized carbons (Fsp3) is 0.133. The largest absolute Gasteiger partial charge is 0.398 e. The van der Waals surface area contributed by atoms with Crippen molar-refractivity contribution in [2.75, 3.05) is 5.73 Å². The number of thioether (sulfide) groups is 1. The van der Waals surface area contributed by atoms with Crippen LogP contribution in [-0.2, 0) is 5.75 Å². The third kappa shape index (κ3) is 3.55. The van der Waals surface area contributed by atoms with Gasteiger partial charge in [-0.25, -0.2) is 0 Å². The highest BCUT2D eigenvalue weighted by atomic mass is 79.9. The van der Waals surface area contributed by atoms with E-state index >= 15 is 0 Å². The summed E-state index contributed by atoms with van der Waals surface area (Å²) in [4.78, 5) is 12.2. The first kappa shape index (κ1) is 14.9. The van der Waals surface area contributed by atoms with E-state index in [1.54, 1.807) is 17.8 Å². The van der Waals surface area contributed by atoms with Crippen LogP contribution in [0.2, 0.25) is 0 Å². The van der Waals surface area contributed by atoms with Gasteiger partial charge < -0.3 is 11.5 Å². The molecule has 0 spiro atoms. The molecule has 3 nitrogen and oxygen atoms in total. The summed E-state index contributed by atoms with van der Waals surface area (Å²) in [5.41, 5.74) is 14.8. The zero-order valence-electron chi connectivity index (χ0n) is 11.0. The monoisotopic (exact) mass is 350 g/mol. The molecule has 2 rings (SSSR count). The number of hydrogen-bond donors (Lipinski definition) is 2. The number of rotatable bonds is 4. The molecule has 0 saturated heterocycles. The van der Waals surface area contributed by atoms with E-state index in [0.717, 1.165) is 26.4 Å². The van der Waals surface area contributed by atoms with E-state index in [9.17, 15) is 4.79 Å². The molecule has 0 atom stereocenters. The smallest absolute Gasteiger partial charge is 0.248 e. The van der Waals surface area contributed by atoms with Gasteiger partial charge in [0.05, 0.1) is 0 Å². The summed E-state index contributed by atoms with van der Waals surface area (Å²) in [5, 5.41) is 0. The number of primary amides is 1. The van der Waals surface area contributed by atoms with Gasteiger partial charge in [0.2, 0.25) is 5.91 Å². The molecular weight excluding hydrogens is 336 g/mol. The third-order valence-electron chi connectivity index (χ3n) is 2.99. The number of carbonyl (C=O) groups is 1. The molecule has 0 aliphatic heterocycles. The maximum Gasteiger partial charge on any atom is 0.248 e. The predicted octanol–water partition coefficient (Wildman–Crippen LogP) is 3.73. The Hall–Kier alpha value is -1.46. The molecule has 0 bridgehead atoms. The van der Waals surface area contributed by atoms with E-state index in [1.165, 1.54) is 5.56 Å². The normalized spacial score (nSPS) is 10.5. The number of anilines is 1. The molecule has 0 aromatic heterocycles. The lowest BCUT2D eigenvalue weighted by Gasteiger charge is -2.09. The summed E-state index contributed by atoms with van der Waals surface area (Å²) in [5.74, 6) is 0.398. The van der Waals surface area contributed by atoms with Gasteiger partial charge in [-0.1, -0.05) is 22.0 Å². The van der Waals surface area contributed by atoms with E-state index in [0.29, 0.717) is 5.56 Å². The van der Waals surface area contributed by atoms with Crippen LogP contribution in [-0.4, -0.2) is 5.91 Å². The molecule has 4 N–H and O–H groups in total. The Labute approximate surface area is 130 Å². The minimum atomic E-state index is -0.400. The van der Waals surface area contributed by atoms with E-state index in [-0.39, 0.29) is 0 Å². The Morgan fingerprint density at radius 3 is 2.65 bits per heavy atom. The number of amides is 1. The van der Waals surface area contributed by atoms with Gasteiger partial charge in [-0.05, 0) is 48.4 Å². The number of carbonyl (C=O) groups excluding carboxylic acids is 1. The van der Waals surface area contributed by atoms with Crippen molar-refractivity contribution in [1.82, 2.24) is 0 Å². The lowest BCUT2D eigenvalue weighted by atomic mass is 10.1. The Balaban J connectivity index is 2.15. The molecule has 0 fully saturated rings. The molecular formula is C15H15BrN2OS. The van der Waals surface area contributed by atoms with Gasteiger partial charge >= 0.3 is 0 Å². The number of nitrogens with two attached hydrogens (primary N) is 2. The summed E-state index contributed by atoms with van der Waals surface area (Å²) >= 11 is 5.11. The molecule has 0 radical (unpaired) electrons. The van der Waals surface area contributed by atoms with Gasteiger partial charge in [0.15, 0.2) is 0 Å². The maximum atomic E-state index is 11.1. The first-order valence-corrected chi connectivity index (χ1v) is 7.82. The Kier molecular flexibility index (Phi) is 4.73. The lowest BCUT2D eigenvalue weighted by molar-refractivity contribution is 0.1000. The molecule has 0 aliphatic carbocycles. The van der Waals surface area contributed by atoms with Crippen molar-refractivity contribution >= 4 is 39.3 Å². The molecule has 5 heteroatoms. The number of hydrogen-bond acceptors (Lipinski definition) is 3. The third-order valence-corrected chi connectivity index (χ3v) is 4.60. The second kappa shape index (κ2) is 6.33. The van der Waals surface area contributed by atoms with Gasteiger partial charge in [0, 0.05) is 26.4 Å². The van der Waals surface area contributed by atoms with Gasteiger partial charge in [0.1, 0.15) is 0 Å². The summed E-state index contributed by atoms with van der Waals surface area (Å²) in [6.45, 7) is 1.98. The Morgan fingerprint density at radius 2 is 2.00 bits per heavy atom. The van der Waals surface area contributed by atoms with Gasteiger partial charge in [-0.15, -0.1) is 11.8 Å². The Morgan fingerprint density at radius 1 is 1.25 bits per heavy atom. The Bertz CT molecular complexity index is 658. The molecule has 0 heterocycles. The summed E-state index contributed by atoms with van der Waals surface area (Å²) < 4.78 is 1.01. The molecule has 0 saturated carbocycles. The molecule has 0 unspecified atom stereocenters. The van der Waals surface area contributed by atoms with Crippen molar-refractivity contribution < 1.29 is 4.79 Å². The van der Waals surface area contributed by atoms with E-state index in [1.807, 2.05) is 37.3 Å². The predicted molar refractivity (Wildman–Crippen MR) is 87.8 cm³/mol. The van der Waals surface area contributed by atoms with Crippen molar-refractivity contribution in [2.24, 2.45) is 5.73 Å². The maximum absolute atomic E-state index is 11.1. The van der Waals surface area contributed by atoms with Crippen LogP contribution in [0, 0.1) is 6.92 Å². The van der Waals surface area contributed by atoms with Crippen LogP contribution in [0.5, 0.6) is 0 Å². The van der Waals surface area contributed by atoms with Crippen molar-refractivity contribution in [1.29, 1.82) is 0 Å². The summed E-state index contributed by atoms with van der Waals surface area (Å²) in [6, 6.07) is 11.3. The van der Waals surface area contributed by atoms with Crippen LogP contribution < -0.4 is 11.5 Å². The van der Waals surface area contributed by atoms with Gasteiger partial charge in [-0.3, -0.25) is 4.79 Å². The molecule has 0 aliphatic rings. The molecule has 104 valence electrons. The zero-order valence-corrected chi connectivity index (χ0v) is 13.4. The van der Waals surface area contributed by atoms with E-state index < -0.39 is 5.91 Å². The van der Waals surface area contributed by atoms with E-state index in [4.69, 9.17) is 11.5 Å². The quantitative estimate of drug-likeness (QED) is 0.651. The SMILES string of the molecule is Cc1cc(C(N)=O)ccc1CSc1cc(Br)ccc1N. The minimum Gasteiger partial charge on any atom is -0.398 e. The highest BCUT2D eigenvalue weighted by Crippen LogP contribution is 2.31. The fourth-order valence-corrected chi connectivity index (χ4v) is 3.39. The highest BCUT2D eigenvalue weighted by molar-refractivity contribution is 9.10. The summed E-state index contributed by atoms with van der Waals surface area (Å²) in [6.07, 6.45) is 0. The first-order chi connectivity index (χ1) is 9.47. The van der Waals surface area contributed by atoms with Crippen LogP contribution in [0.25, 0.3) is 0 Å². The average Bonchev–Trinajstić information content (AvgIpc) is 2.40. The number of nitrogen functional groups attached to an aromatic ring is 1. The fourth-order valence-electron chi connectivity index (χ4n) is 1.80. The number of halogens is 1. The summed E-state index contributed by atoms with van der Waals surface area (Å²) in [7, 11) is 0. The first-order valence-electron chi connectivity index (χ1n) is 6.04. The minimum absolute atomic E-state index is 0.400. The standard InChI is InChI=1S/C15H15BrN2OS/c1-9-6-10(15(18)19)2-3-11(9)8-20-14-7-12(16)4-5-13(14)17/h2-7H,8,17H2,1H3,(H2,18,19). The van der Waals surface area contributed by atoms with Crippen molar-refractivity contribution in [3.63, 3.8) is 0 Å². The lowest BCUT2D eigenvalue weighted by Crippen LogP contribution is -2.11. The second-order valence-corrected chi connectivity index (χ2v) is 6.41. The molecule has 2 aromatic rings. The number of aryl methyl sites for hydroxylation is 1. The van der Waals surface area contributed by atoms with Gasteiger partial charge in [-0.2, -0.15) is 0 Å².